The summed E-state index contributed by atoms with van der Waals surface area (Å²) < 4.78 is 27.6. The van der Waals surface area contributed by atoms with Crippen molar-refractivity contribution in [1.29, 1.82) is 0 Å². The number of carbonyl (C=O) groups is 1. The number of hydrogen-bond donors (Lipinski definition) is 2. The van der Waals surface area contributed by atoms with Crippen LogP contribution < -0.4 is 10.0 Å². The van der Waals surface area contributed by atoms with Crippen molar-refractivity contribution in [3.05, 3.63) is 63.6 Å². The number of aromatic nitrogens is 2. The van der Waals surface area contributed by atoms with Gasteiger partial charge < -0.3 is 0 Å². The van der Waals surface area contributed by atoms with Crippen molar-refractivity contribution in [2.75, 3.05) is 10.0 Å². The number of rotatable bonds is 5. The predicted octanol–water partition coefficient (Wildman–Crippen LogP) is 3.90. The first-order valence-electron chi connectivity index (χ1n) is 7.00. The van der Waals surface area contributed by atoms with E-state index in [0.29, 0.717) is 15.8 Å². The zero-order chi connectivity index (χ0) is 18.7. The third kappa shape index (κ3) is 4.31. The van der Waals surface area contributed by atoms with E-state index in [0.717, 1.165) is 11.3 Å². The second-order valence-corrected chi connectivity index (χ2v) is 8.28. The molecule has 2 aromatic carbocycles. The fraction of sp³-hybridized carbons (Fsp3) is 0. The number of amides is 1. The van der Waals surface area contributed by atoms with Gasteiger partial charge in [0.15, 0.2) is 0 Å². The van der Waals surface area contributed by atoms with Gasteiger partial charge in [-0.25, -0.2) is 8.42 Å². The Morgan fingerprint density at radius 2 is 1.81 bits per heavy atom. The Labute approximate surface area is 163 Å². The summed E-state index contributed by atoms with van der Waals surface area (Å²) in [6.07, 6.45) is 0. The molecule has 1 aromatic heterocycles. The van der Waals surface area contributed by atoms with Crippen LogP contribution in [0, 0.1) is 0 Å². The van der Waals surface area contributed by atoms with Gasteiger partial charge in [-0.2, -0.15) is 0 Å². The maximum absolute atomic E-state index is 12.6. The van der Waals surface area contributed by atoms with Gasteiger partial charge in [0.05, 0.1) is 5.02 Å². The Bertz CT molecular complexity index is 1040. The average molecular weight is 429 g/mol. The van der Waals surface area contributed by atoms with Crippen LogP contribution in [0.25, 0.3) is 0 Å². The fourth-order valence-electron chi connectivity index (χ4n) is 1.98. The molecule has 0 radical (unpaired) electrons. The molecule has 0 saturated heterocycles. The molecule has 0 saturated carbocycles. The maximum Gasteiger partial charge on any atom is 0.263 e. The molecule has 0 spiro atoms. The lowest BCUT2D eigenvalue weighted by molar-refractivity contribution is 0.102. The lowest BCUT2D eigenvalue weighted by Gasteiger charge is -2.11. The van der Waals surface area contributed by atoms with Crippen LogP contribution in [0.15, 0.2) is 52.9 Å². The highest BCUT2D eigenvalue weighted by Crippen LogP contribution is 2.26. The van der Waals surface area contributed by atoms with Crippen LogP contribution in [0.3, 0.4) is 0 Å². The topological polar surface area (TPSA) is 101 Å². The number of nitrogens with zero attached hydrogens (tertiary/aromatic N) is 2. The van der Waals surface area contributed by atoms with E-state index in [4.69, 9.17) is 23.2 Å². The molecule has 26 heavy (non-hydrogen) atoms. The Morgan fingerprint density at radius 3 is 2.46 bits per heavy atom. The van der Waals surface area contributed by atoms with Crippen molar-refractivity contribution in [2.24, 2.45) is 0 Å². The van der Waals surface area contributed by atoms with Gasteiger partial charge >= 0.3 is 0 Å². The molecule has 0 aliphatic carbocycles. The van der Waals surface area contributed by atoms with Crippen molar-refractivity contribution in [3.8, 4) is 0 Å². The zero-order valence-corrected chi connectivity index (χ0v) is 16.0. The third-order valence-electron chi connectivity index (χ3n) is 3.16. The second-order valence-electron chi connectivity index (χ2n) is 4.96. The average Bonchev–Trinajstić information content (AvgIpc) is 3.10. The summed E-state index contributed by atoms with van der Waals surface area (Å²) >= 11 is 13.0. The minimum absolute atomic E-state index is 0.0149. The summed E-state index contributed by atoms with van der Waals surface area (Å²) in [5.74, 6) is -0.527. The molecule has 1 heterocycles. The summed E-state index contributed by atoms with van der Waals surface area (Å²) in [5.41, 5.74) is 1.89. The summed E-state index contributed by atoms with van der Waals surface area (Å²) in [6, 6.07) is 10.1. The number of carbonyl (C=O) groups excluding carboxylic acids is 1. The lowest BCUT2D eigenvalue weighted by atomic mass is 10.2. The Balaban J connectivity index is 1.88. The second kappa shape index (κ2) is 7.58. The molecule has 3 rings (SSSR count). The molecular formula is C15H10Cl2N4O3S2. The van der Waals surface area contributed by atoms with Crippen LogP contribution in [-0.4, -0.2) is 24.5 Å². The standard InChI is InChI=1S/C15H10Cl2N4O3S2/c16-10-2-4-11(5-3-10)21-26(23,24)13-7-9(1-6-12(13)17)14(22)19-15-20-18-8-25-15/h1-8,21H,(H,19,20,22). The third-order valence-corrected chi connectivity index (χ3v) is 5.88. The number of hydrogen-bond acceptors (Lipinski definition) is 6. The van der Waals surface area contributed by atoms with Gasteiger partial charge in [-0.3, -0.25) is 14.8 Å². The molecule has 11 heteroatoms. The number of anilines is 2. The monoisotopic (exact) mass is 428 g/mol. The van der Waals surface area contributed by atoms with Gasteiger partial charge in [0.2, 0.25) is 5.13 Å². The van der Waals surface area contributed by atoms with Crippen LogP contribution in [0.1, 0.15) is 10.4 Å². The van der Waals surface area contributed by atoms with E-state index in [2.05, 4.69) is 20.2 Å². The fourth-order valence-corrected chi connectivity index (χ4v) is 4.13. The highest BCUT2D eigenvalue weighted by Gasteiger charge is 2.21. The lowest BCUT2D eigenvalue weighted by Crippen LogP contribution is -2.16. The maximum atomic E-state index is 12.6. The van der Waals surface area contributed by atoms with Crippen molar-refractivity contribution < 1.29 is 13.2 Å². The molecule has 134 valence electrons. The smallest absolute Gasteiger partial charge is 0.263 e. The number of halogens is 2. The first-order valence-corrected chi connectivity index (χ1v) is 10.1. The quantitative estimate of drug-likeness (QED) is 0.641. The SMILES string of the molecule is O=C(Nc1nncs1)c1ccc(Cl)c(S(=O)(=O)Nc2ccc(Cl)cc2)c1. The van der Waals surface area contributed by atoms with E-state index in [9.17, 15) is 13.2 Å². The molecule has 0 fully saturated rings. The predicted molar refractivity (Wildman–Crippen MR) is 102 cm³/mol. The number of nitrogens with one attached hydrogen (secondary N) is 2. The molecule has 0 unspecified atom stereocenters. The van der Waals surface area contributed by atoms with Crippen LogP contribution in [-0.2, 0) is 10.0 Å². The minimum atomic E-state index is -4.01. The van der Waals surface area contributed by atoms with E-state index in [1.165, 1.54) is 35.8 Å². The van der Waals surface area contributed by atoms with Gasteiger partial charge in [-0.1, -0.05) is 34.5 Å². The van der Waals surface area contributed by atoms with Crippen LogP contribution in [0.5, 0.6) is 0 Å². The highest BCUT2D eigenvalue weighted by atomic mass is 35.5. The van der Waals surface area contributed by atoms with E-state index < -0.39 is 15.9 Å². The van der Waals surface area contributed by atoms with Crippen LogP contribution in [0.2, 0.25) is 10.0 Å². The van der Waals surface area contributed by atoms with Crippen LogP contribution in [0.4, 0.5) is 10.8 Å². The Kier molecular flexibility index (Phi) is 5.42. The number of benzene rings is 2. The molecular weight excluding hydrogens is 419 g/mol. The Hall–Kier alpha value is -2.20. The molecule has 2 N–H and O–H groups in total. The van der Waals surface area contributed by atoms with Gasteiger partial charge in [-0.15, -0.1) is 10.2 Å². The molecule has 0 atom stereocenters. The largest absolute Gasteiger partial charge is 0.296 e. The van der Waals surface area contributed by atoms with E-state index >= 15 is 0 Å². The summed E-state index contributed by atoms with van der Waals surface area (Å²) in [7, 11) is -4.01. The van der Waals surface area contributed by atoms with E-state index in [-0.39, 0.29) is 15.5 Å². The van der Waals surface area contributed by atoms with Gasteiger partial charge in [0, 0.05) is 16.3 Å². The molecule has 0 bridgehead atoms. The molecule has 0 aliphatic heterocycles. The van der Waals surface area contributed by atoms with E-state index in [1.54, 1.807) is 12.1 Å². The van der Waals surface area contributed by atoms with Crippen molar-refractivity contribution in [2.45, 2.75) is 4.90 Å². The zero-order valence-electron chi connectivity index (χ0n) is 12.8. The number of sulfonamides is 1. The molecule has 0 aliphatic rings. The first-order chi connectivity index (χ1) is 12.3. The Morgan fingerprint density at radius 1 is 1.08 bits per heavy atom. The molecule has 1 amide bonds. The molecule has 7 nitrogen and oxygen atoms in total. The summed E-state index contributed by atoms with van der Waals surface area (Å²) in [5, 5.41) is 10.6. The highest BCUT2D eigenvalue weighted by molar-refractivity contribution is 7.92. The van der Waals surface area contributed by atoms with E-state index in [1.807, 2.05) is 0 Å². The van der Waals surface area contributed by atoms with Gasteiger partial charge in [0.25, 0.3) is 15.9 Å². The van der Waals surface area contributed by atoms with Crippen molar-refractivity contribution >= 4 is 61.3 Å². The normalized spacial score (nSPS) is 11.2. The summed E-state index contributed by atoms with van der Waals surface area (Å²) in [6.45, 7) is 0. The van der Waals surface area contributed by atoms with Gasteiger partial charge in [-0.05, 0) is 42.5 Å². The van der Waals surface area contributed by atoms with Crippen molar-refractivity contribution in [3.63, 3.8) is 0 Å². The molecule has 3 aromatic rings. The van der Waals surface area contributed by atoms with Crippen LogP contribution >= 0.6 is 34.5 Å². The van der Waals surface area contributed by atoms with Crippen molar-refractivity contribution in [1.82, 2.24) is 10.2 Å². The first kappa shape index (κ1) is 18.6. The minimum Gasteiger partial charge on any atom is -0.296 e. The van der Waals surface area contributed by atoms with Gasteiger partial charge in [0.1, 0.15) is 10.4 Å². The summed E-state index contributed by atoms with van der Waals surface area (Å²) in [4.78, 5) is 12.0.